The Morgan fingerprint density at radius 3 is 2.30 bits per heavy atom. The van der Waals surface area contributed by atoms with Gasteiger partial charge in [-0.25, -0.2) is 13.8 Å². The Kier molecular flexibility index (Phi) is 12.8. The molecule has 0 saturated carbocycles. The van der Waals surface area contributed by atoms with Crippen LogP contribution in [0, 0.1) is 23.5 Å². The van der Waals surface area contributed by atoms with Gasteiger partial charge in [0.05, 0.1) is 12.3 Å². The maximum Gasteiger partial charge on any atom is 0.255 e. The van der Waals surface area contributed by atoms with Gasteiger partial charge >= 0.3 is 0 Å². The van der Waals surface area contributed by atoms with E-state index in [0.717, 1.165) is 83.0 Å². The topological polar surface area (TPSA) is 31.4 Å². The fraction of sp³-hybridized carbons (Fsp3) is 0.645. The summed E-state index contributed by atoms with van der Waals surface area (Å²) >= 11 is 0. The lowest BCUT2D eigenvalue weighted by atomic mass is 9.80. The average molecular weight is 520 g/mol. The Hall–Kier alpha value is -2.08. The SMILES string of the molecule is CCCCCCOc1ccc(-c2cc3c(c(F)c2F)CC(CCCCCOCCCCC)CC3)nc1F. The molecule has 0 saturated heterocycles. The highest BCUT2D eigenvalue weighted by Crippen LogP contribution is 2.36. The molecule has 0 radical (unpaired) electrons. The molecule has 3 rings (SSSR count). The highest BCUT2D eigenvalue weighted by molar-refractivity contribution is 5.63. The summed E-state index contributed by atoms with van der Waals surface area (Å²) in [5.74, 6) is -2.14. The first kappa shape index (κ1) is 29.5. The van der Waals surface area contributed by atoms with Gasteiger partial charge in [-0.15, -0.1) is 0 Å². The molecular weight excluding hydrogens is 475 g/mol. The minimum absolute atomic E-state index is 0.0158. The van der Waals surface area contributed by atoms with Crippen LogP contribution in [0.1, 0.15) is 102 Å². The van der Waals surface area contributed by atoms with Gasteiger partial charge in [0, 0.05) is 18.8 Å². The van der Waals surface area contributed by atoms with E-state index in [0.29, 0.717) is 30.9 Å². The fourth-order valence-electron chi connectivity index (χ4n) is 5.10. The third kappa shape index (κ3) is 9.01. The van der Waals surface area contributed by atoms with Crippen molar-refractivity contribution in [1.29, 1.82) is 0 Å². The third-order valence-electron chi connectivity index (χ3n) is 7.35. The molecule has 0 aliphatic heterocycles. The second-order valence-corrected chi connectivity index (χ2v) is 10.4. The molecule has 206 valence electrons. The van der Waals surface area contributed by atoms with Crippen molar-refractivity contribution in [3.63, 3.8) is 0 Å². The predicted molar refractivity (Wildman–Crippen MR) is 144 cm³/mol. The largest absolute Gasteiger partial charge is 0.489 e. The van der Waals surface area contributed by atoms with Crippen molar-refractivity contribution in [2.45, 2.75) is 104 Å². The van der Waals surface area contributed by atoms with Gasteiger partial charge in [0.1, 0.15) is 0 Å². The van der Waals surface area contributed by atoms with E-state index in [2.05, 4.69) is 18.8 Å². The van der Waals surface area contributed by atoms with Gasteiger partial charge in [0.15, 0.2) is 17.4 Å². The van der Waals surface area contributed by atoms with Gasteiger partial charge in [-0.3, -0.25) is 0 Å². The van der Waals surface area contributed by atoms with E-state index in [1.165, 1.54) is 25.0 Å². The van der Waals surface area contributed by atoms with Crippen LogP contribution in [-0.2, 0) is 17.6 Å². The molecule has 1 aliphatic rings. The van der Waals surface area contributed by atoms with E-state index in [4.69, 9.17) is 9.47 Å². The third-order valence-corrected chi connectivity index (χ3v) is 7.35. The molecule has 1 aliphatic carbocycles. The normalized spacial score (nSPS) is 15.1. The van der Waals surface area contributed by atoms with Gasteiger partial charge in [-0.2, -0.15) is 4.39 Å². The van der Waals surface area contributed by atoms with Crippen molar-refractivity contribution in [3.05, 3.63) is 46.9 Å². The van der Waals surface area contributed by atoms with Crippen molar-refractivity contribution in [2.24, 2.45) is 5.92 Å². The summed E-state index contributed by atoms with van der Waals surface area (Å²) in [6, 6.07) is 4.63. The molecule has 0 spiro atoms. The first-order valence-corrected chi connectivity index (χ1v) is 14.4. The van der Waals surface area contributed by atoms with Crippen molar-refractivity contribution in [1.82, 2.24) is 4.98 Å². The van der Waals surface area contributed by atoms with E-state index in [1.54, 1.807) is 6.07 Å². The van der Waals surface area contributed by atoms with Crippen LogP contribution in [0.25, 0.3) is 11.3 Å². The molecule has 6 heteroatoms. The minimum Gasteiger partial charge on any atom is -0.489 e. The first-order valence-electron chi connectivity index (χ1n) is 14.4. The van der Waals surface area contributed by atoms with E-state index in [-0.39, 0.29) is 17.0 Å². The Bertz CT molecular complexity index is 966. The highest BCUT2D eigenvalue weighted by Gasteiger charge is 2.26. The lowest BCUT2D eigenvalue weighted by molar-refractivity contribution is 0.125. The number of fused-ring (bicyclic) bond motifs is 1. The Morgan fingerprint density at radius 2 is 1.54 bits per heavy atom. The number of hydrogen-bond donors (Lipinski definition) is 0. The highest BCUT2D eigenvalue weighted by atomic mass is 19.2. The maximum absolute atomic E-state index is 15.1. The van der Waals surface area contributed by atoms with E-state index in [1.807, 2.05) is 0 Å². The molecule has 0 amide bonds. The van der Waals surface area contributed by atoms with E-state index < -0.39 is 17.6 Å². The first-order chi connectivity index (χ1) is 18.0. The summed E-state index contributed by atoms with van der Waals surface area (Å²) in [7, 11) is 0. The van der Waals surface area contributed by atoms with Gasteiger partial charge in [-0.1, -0.05) is 65.2 Å². The monoisotopic (exact) mass is 519 g/mol. The Labute approximate surface area is 221 Å². The molecule has 0 bridgehead atoms. The molecule has 2 aromatic rings. The number of rotatable bonds is 17. The average Bonchev–Trinajstić information content (AvgIpc) is 2.90. The van der Waals surface area contributed by atoms with Crippen LogP contribution in [0.4, 0.5) is 13.2 Å². The molecule has 0 fully saturated rings. The van der Waals surface area contributed by atoms with Crippen molar-refractivity contribution >= 4 is 0 Å². The van der Waals surface area contributed by atoms with Crippen LogP contribution in [0.5, 0.6) is 5.75 Å². The van der Waals surface area contributed by atoms with Gasteiger partial charge in [-0.05, 0) is 73.8 Å². The van der Waals surface area contributed by atoms with Crippen LogP contribution in [-0.4, -0.2) is 24.8 Å². The summed E-state index contributed by atoms with van der Waals surface area (Å²) < 4.78 is 55.9. The second-order valence-electron chi connectivity index (χ2n) is 10.4. The van der Waals surface area contributed by atoms with Crippen LogP contribution >= 0.6 is 0 Å². The second kappa shape index (κ2) is 16.0. The van der Waals surface area contributed by atoms with Crippen LogP contribution in [0.3, 0.4) is 0 Å². The number of halogens is 3. The van der Waals surface area contributed by atoms with Crippen LogP contribution < -0.4 is 4.74 Å². The smallest absolute Gasteiger partial charge is 0.255 e. The van der Waals surface area contributed by atoms with Crippen LogP contribution in [0.15, 0.2) is 18.2 Å². The molecular formula is C31H44F3NO2. The minimum atomic E-state index is -0.945. The number of unbranched alkanes of at least 4 members (excludes halogenated alkanes) is 7. The number of pyridine rings is 1. The lowest BCUT2D eigenvalue weighted by Gasteiger charge is -2.26. The molecule has 37 heavy (non-hydrogen) atoms. The van der Waals surface area contributed by atoms with E-state index in [9.17, 15) is 4.39 Å². The molecule has 0 N–H and O–H groups in total. The molecule has 1 unspecified atom stereocenters. The van der Waals surface area contributed by atoms with Gasteiger partial charge < -0.3 is 9.47 Å². The molecule has 1 heterocycles. The number of ether oxygens (including phenoxy) is 2. The zero-order valence-corrected chi connectivity index (χ0v) is 22.7. The summed E-state index contributed by atoms with van der Waals surface area (Å²) in [5, 5.41) is 0. The summed E-state index contributed by atoms with van der Waals surface area (Å²) in [6.07, 6.45) is 14.1. The Morgan fingerprint density at radius 1 is 0.838 bits per heavy atom. The molecule has 1 aromatic heterocycles. The summed E-state index contributed by atoms with van der Waals surface area (Å²) in [5.41, 5.74) is 1.39. The molecule has 1 atom stereocenters. The summed E-state index contributed by atoms with van der Waals surface area (Å²) in [4.78, 5) is 3.90. The predicted octanol–water partition coefficient (Wildman–Crippen LogP) is 9.00. The fourth-order valence-corrected chi connectivity index (χ4v) is 5.10. The molecule has 3 nitrogen and oxygen atoms in total. The number of hydrogen-bond acceptors (Lipinski definition) is 3. The van der Waals surface area contributed by atoms with Gasteiger partial charge in [0.25, 0.3) is 5.95 Å². The number of benzene rings is 1. The lowest BCUT2D eigenvalue weighted by Crippen LogP contribution is -2.17. The van der Waals surface area contributed by atoms with E-state index >= 15 is 8.78 Å². The zero-order valence-electron chi connectivity index (χ0n) is 22.7. The van der Waals surface area contributed by atoms with Crippen molar-refractivity contribution < 1.29 is 22.6 Å². The standard InChI is InChI=1S/C31H44F3NO2/c1-3-5-7-12-20-37-28-17-16-27(35-31(28)34)26-22-24-15-14-23(21-25(24)29(32)30(26)33)13-9-8-11-19-36-18-10-6-4-2/h16-17,22-23H,3-15,18-21H2,1-2H3. The Balaban J connectivity index is 1.53. The van der Waals surface area contributed by atoms with Crippen LogP contribution in [0.2, 0.25) is 0 Å². The van der Waals surface area contributed by atoms with Crippen molar-refractivity contribution in [3.8, 4) is 17.0 Å². The maximum atomic E-state index is 15.1. The number of nitrogens with zero attached hydrogens (tertiary/aromatic N) is 1. The quantitative estimate of drug-likeness (QED) is 0.154. The summed E-state index contributed by atoms with van der Waals surface area (Å²) in [6.45, 7) is 6.37. The number of aryl methyl sites for hydroxylation is 1. The zero-order chi connectivity index (χ0) is 26.5. The molecule has 1 aromatic carbocycles. The number of aromatic nitrogens is 1. The van der Waals surface area contributed by atoms with Crippen molar-refractivity contribution in [2.75, 3.05) is 19.8 Å². The van der Waals surface area contributed by atoms with Gasteiger partial charge in [0.2, 0.25) is 0 Å².